The first-order valence-electron chi connectivity index (χ1n) is 6.88. The summed E-state index contributed by atoms with van der Waals surface area (Å²) in [4.78, 5) is 25.5. The predicted molar refractivity (Wildman–Crippen MR) is 77.8 cm³/mol. The fourth-order valence-electron chi connectivity index (χ4n) is 2.27. The molecule has 1 fully saturated rings. The molecule has 0 aromatic carbocycles. The van der Waals surface area contributed by atoms with Crippen molar-refractivity contribution in [3.8, 4) is 6.01 Å². The van der Waals surface area contributed by atoms with Gasteiger partial charge in [0.2, 0.25) is 17.8 Å². The van der Waals surface area contributed by atoms with Gasteiger partial charge in [0.15, 0.2) is 0 Å². The van der Waals surface area contributed by atoms with Gasteiger partial charge in [0.05, 0.1) is 7.11 Å². The molecule has 1 aromatic rings. The third kappa shape index (κ3) is 4.15. The van der Waals surface area contributed by atoms with E-state index < -0.39 is 0 Å². The highest BCUT2D eigenvalue weighted by atomic mass is 16.5. The van der Waals surface area contributed by atoms with Gasteiger partial charge in [-0.3, -0.25) is 10.2 Å². The Morgan fingerprint density at radius 1 is 1.38 bits per heavy atom. The molecule has 4 N–H and O–H groups in total. The normalized spacial score (nSPS) is 15.7. The van der Waals surface area contributed by atoms with Crippen LogP contribution in [0.2, 0.25) is 0 Å². The number of aromatic nitrogens is 3. The maximum absolute atomic E-state index is 10.9. The third-order valence-electron chi connectivity index (χ3n) is 3.45. The minimum atomic E-state index is 0.0123. The van der Waals surface area contributed by atoms with E-state index in [1.165, 1.54) is 14.0 Å². The van der Waals surface area contributed by atoms with Gasteiger partial charge in [0.25, 0.3) is 0 Å². The molecule has 0 radical (unpaired) electrons. The number of hydrogen-bond acceptors (Lipinski definition) is 8. The standard InChI is InChI=1S/C12H21N7O2/c1-8(20)14-7-9-3-5-19(6-4-9)11-15-10(18-13)16-12(17-11)21-2/h9H,3-7,13H2,1-2H3,(H,14,20)(H,15,16,17,18). The number of carbonyl (C=O) groups is 1. The Balaban J connectivity index is 1.96. The highest BCUT2D eigenvalue weighted by Gasteiger charge is 2.22. The van der Waals surface area contributed by atoms with Crippen LogP contribution in [0.15, 0.2) is 0 Å². The van der Waals surface area contributed by atoms with E-state index in [-0.39, 0.29) is 17.9 Å². The number of hydrogen-bond donors (Lipinski definition) is 3. The summed E-state index contributed by atoms with van der Waals surface area (Å²) in [6.07, 6.45) is 1.94. The van der Waals surface area contributed by atoms with Crippen LogP contribution in [-0.2, 0) is 4.79 Å². The number of nitrogens with zero attached hydrogens (tertiary/aromatic N) is 4. The first-order valence-corrected chi connectivity index (χ1v) is 6.88. The molecule has 1 aliphatic heterocycles. The number of carbonyl (C=O) groups excluding carboxylic acids is 1. The largest absolute Gasteiger partial charge is 0.467 e. The number of nitrogens with one attached hydrogen (secondary N) is 2. The molecule has 116 valence electrons. The van der Waals surface area contributed by atoms with Gasteiger partial charge in [-0.05, 0) is 18.8 Å². The average molecular weight is 295 g/mol. The zero-order chi connectivity index (χ0) is 15.2. The van der Waals surface area contributed by atoms with Gasteiger partial charge in [-0.25, -0.2) is 5.84 Å². The van der Waals surface area contributed by atoms with Crippen molar-refractivity contribution in [2.24, 2.45) is 11.8 Å². The maximum Gasteiger partial charge on any atom is 0.322 e. The van der Waals surface area contributed by atoms with Gasteiger partial charge in [0, 0.05) is 26.6 Å². The lowest BCUT2D eigenvalue weighted by Crippen LogP contribution is -2.39. The molecule has 1 aliphatic rings. The van der Waals surface area contributed by atoms with E-state index in [1.807, 2.05) is 0 Å². The van der Waals surface area contributed by atoms with Crippen LogP contribution in [0.1, 0.15) is 19.8 Å². The quantitative estimate of drug-likeness (QED) is 0.492. The average Bonchev–Trinajstić information content (AvgIpc) is 2.52. The van der Waals surface area contributed by atoms with Gasteiger partial charge in [-0.1, -0.05) is 0 Å². The summed E-state index contributed by atoms with van der Waals surface area (Å²) >= 11 is 0. The van der Waals surface area contributed by atoms with Gasteiger partial charge in [-0.15, -0.1) is 0 Å². The Labute approximate surface area is 123 Å². The molecule has 1 aromatic heterocycles. The van der Waals surface area contributed by atoms with E-state index in [4.69, 9.17) is 10.6 Å². The number of methoxy groups -OCH3 is 1. The van der Waals surface area contributed by atoms with Crippen molar-refractivity contribution < 1.29 is 9.53 Å². The van der Waals surface area contributed by atoms with E-state index >= 15 is 0 Å². The monoisotopic (exact) mass is 295 g/mol. The van der Waals surface area contributed by atoms with Crippen LogP contribution in [0.4, 0.5) is 11.9 Å². The number of amides is 1. The minimum Gasteiger partial charge on any atom is -0.467 e. The van der Waals surface area contributed by atoms with E-state index in [0.29, 0.717) is 11.9 Å². The zero-order valence-electron chi connectivity index (χ0n) is 12.3. The molecule has 9 heteroatoms. The predicted octanol–water partition coefficient (Wildman–Crippen LogP) is -0.482. The highest BCUT2D eigenvalue weighted by molar-refractivity contribution is 5.72. The molecule has 2 heterocycles. The number of nitrogens with two attached hydrogens (primary N) is 1. The van der Waals surface area contributed by atoms with Crippen LogP contribution >= 0.6 is 0 Å². The Bertz CT molecular complexity index is 466. The van der Waals surface area contributed by atoms with Gasteiger partial charge in [0.1, 0.15) is 0 Å². The van der Waals surface area contributed by atoms with E-state index in [1.54, 1.807) is 0 Å². The molecule has 21 heavy (non-hydrogen) atoms. The fraction of sp³-hybridized carbons (Fsp3) is 0.667. The summed E-state index contributed by atoms with van der Waals surface area (Å²) in [7, 11) is 1.50. The van der Waals surface area contributed by atoms with Crippen molar-refractivity contribution in [1.82, 2.24) is 20.3 Å². The summed E-state index contributed by atoms with van der Waals surface area (Å²) in [5.41, 5.74) is 2.41. The van der Waals surface area contributed by atoms with Gasteiger partial charge in [-0.2, -0.15) is 15.0 Å². The molecular formula is C12H21N7O2. The molecule has 0 spiro atoms. The van der Waals surface area contributed by atoms with E-state index in [9.17, 15) is 4.79 Å². The lowest BCUT2D eigenvalue weighted by Gasteiger charge is -2.32. The SMILES string of the molecule is COc1nc(NN)nc(N2CCC(CNC(C)=O)CC2)n1. The van der Waals surface area contributed by atoms with Crippen LogP contribution in [0.5, 0.6) is 6.01 Å². The molecule has 0 saturated carbocycles. The van der Waals surface area contributed by atoms with Gasteiger partial charge < -0.3 is 15.0 Å². The molecule has 0 aliphatic carbocycles. The molecule has 1 amide bonds. The van der Waals surface area contributed by atoms with Crippen molar-refractivity contribution in [3.05, 3.63) is 0 Å². The highest BCUT2D eigenvalue weighted by Crippen LogP contribution is 2.22. The molecule has 2 rings (SSSR count). The topological polar surface area (TPSA) is 118 Å². The van der Waals surface area contributed by atoms with Crippen molar-refractivity contribution in [1.29, 1.82) is 0 Å². The van der Waals surface area contributed by atoms with Crippen molar-refractivity contribution in [2.45, 2.75) is 19.8 Å². The Morgan fingerprint density at radius 3 is 2.67 bits per heavy atom. The van der Waals surface area contributed by atoms with Crippen LogP contribution in [0.25, 0.3) is 0 Å². The Kier molecular flexibility index (Phi) is 5.09. The van der Waals surface area contributed by atoms with E-state index in [2.05, 4.69) is 30.6 Å². The number of rotatable bonds is 5. The molecule has 1 saturated heterocycles. The molecule has 9 nitrogen and oxygen atoms in total. The lowest BCUT2D eigenvalue weighted by molar-refractivity contribution is -0.119. The number of anilines is 2. The summed E-state index contributed by atoms with van der Waals surface area (Å²) < 4.78 is 5.04. The smallest absolute Gasteiger partial charge is 0.322 e. The number of ether oxygens (including phenoxy) is 1. The second-order valence-corrected chi connectivity index (χ2v) is 4.96. The maximum atomic E-state index is 10.9. The lowest BCUT2D eigenvalue weighted by atomic mass is 9.97. The van der Waals surface area contributed by atoms with Crippen LogP contribution in [0.3, 0.4) is 0 Å². The third-order valence-corrected chi connectivity index (χ3v) is 3.45. The summed E-state index contributed by atoms with van der Waals surface area (Å²) in [5, 5.41) is 2.86. The molecule has 0 unspecified atom stereocenters. The van der Waals surface area contributed by atoms with Crippen LogP contribution in [-0.4, -0.2) is 47.6 Å². The van der Waals surface area contributed by atoms with Crippen molar-refractivity contribution >= 4 is 17.8 Å². The zero-order valence-corrected chi connectivity index (χ0v) is 12.3. The van der Waals surface area contributed by atoms with E-state index in [0.717, 1.165) is 32.5 Å². The van der Waals surface area contributed by atoms with Crippen molar-refractivity contribution in [3.63, 3.8) is 0 Å². The van der Waals surface area contributed by atoms with Crippen LogP contribution < -0.4 is 26.2 Å². The summed E-state index contributed by atoms with van der Waals surface area (Å²) in [6, 6.07) is 0.230. The number of hydrazine groups is 1. The summed E-state index contributed by atoms with van der Waals surface area (Å²) in [5.74, 6) is 6.67. The number of piperidine rings is 1. The fourth-order valence-corrected chi connectivity index (χ4v) is 2.27. The Morgan fingerprint density at radius 2 is 2.10 bits per heavy atom. The van der Waals surface area contributed by atoms with Gasteiger partial charge >= 0.3 is 6.01 Å². The summed E-state index contributed by atoms with van der Waals surface area (Å²) in [6.45, 7) is 3.90. The first-order chi connectivity index (χ1) is 10.1. The first kappa shape index (κ1) is 15.2. The Hall–Kier alpha value is -2.16. The minimum absolute atomic E-state index is 0.0123. The van der Waals surface area contributed by atoms with Crippen LogP contribution in [0, 0.1) is 5.92 Å². The molecule has 0 atom stereocenters. The second kappa shape index (κ2) is 7.02. The van der Waals surface area contributed by atoms with Crippen molar-refractivity contribution in [2.75, 3.05) is 37.1 Å². The molecule has 0 bridgehead atoms. The molecular weight excluding hydrogens is 274 g/mol. The number of nitrogen functional groups attached to an aromatic ring is 1. The second-order valence-electron chi connectivity index (χ2n) is 4.96.